The molecular formula is C32H40O4. The molecule has 1 unspecified atom stereocenters. The average Bonchev–Trinajstić information content (AvgIpc) is 2.85. The van der Waals surface area contributed by atoms with Crippen molar-refractivity contribution in [1.82, 2.24) is 0 Å². The van der Waals surface area contributed by atoms with E-state index in [4.69, 9.17) is 19.3 Å². The Hall–Kier alpha value is -3.76. The van der Waals surface area contributed by atoms with Crippen LogP contribution >= 0.6 is 0 Å². The highest BCUT2D eigenvalue weighted by Crippen LogP contribution is 2.18. The molecule has 0 radical (unpaired) electrons. The topological polar surface area (TPSA) is 47.9 Å². The molecule has 1 N–H and O–H groups in total. The molecule has 0 saturated heterocycles. The number of hydrogen-bond donors (Lipinski definition) is 1. The summed E-state index contributed by atoms with van der Waals surface area (Å²) in [5.41, 5.74) is 3.09. The third kappa shape index (κ3) is 13.2. The van der Waals surface area contributed by atoms with Crippen LogP contribution in [0.25, 0.3) is 18.2 Å². The minimum Gasteiger partial charge on any atom is -0.508 e. The van der Waals surface area contributed by atoms with Gasteiger partial charge in [-0.3, -0.25) is 0 Å². The summed E-state index contributed by atoms with van der Waals surface area (Å²) >= 11 is 0. The summed E-state index contributed by atoms with van der Waals surface area (Å²) in [5, 5.41) is 8.82. The molecule has 4 heteroatoms. The lowest BCUT2D eigenvalue weighted by Crippen LogP contribution is -2.22. The smallest absolute Gasteiger partial charge is 0.196 e. The van der Waals surface area contributed by atoms with Crippen molar-refractivity contribution < 1.29 is 19.3 Å². The normalized spacial score (nSPS) is 10.9. The predicted octanol–water partition coefficient (Wildman–Crippen LogP) is 8.63. The maximum Gasteiger partial charge on any atom is 0.196 e. The van der Waals surface area contributed by atoms with Gasteiger partial charge in [-0.25, -0.2) is 0 Å². The maximum absolute atomic E-state index is 8.82. The lowest BCUT2D eigenvalue weighted by Gasteiger charge is -2.21. The van der Waals surface area contributed by atoms with E-state index in [0.717, 1.165) is 28.2 Å². The largest absolute Gasteiger partial charge is 0.508 e. The molecule has 0 aliphatic rings. The second-order valence-corrected chi connectivity index (χ2v) is 8.70. The van der Waals surface area contributed by atoms with E-state index in [9.17, 15) is 0 Å². The number of benzene rings is 3. The fourth-order valence-electron chi connectivity index (χ4n) is 2.78. The molecule has 4 nitrogen and oxygen atoms in total. The Balaban J connectivity index is 0.000000276. The van der Waals surface area contributed by atoms with Crippen molar-refractivity contribution in [1.29, 1.82) is 0 Å². The molecule has 0 aromatic heterocycles. The molecular weight excluding hydrogens is 448 g/mol. The van der Waals surface area contributed by atoms with Crippen LogP contribution in [0.15, 0.2) is 92.5 Å². The highest BCUT2D eigenvalue weighted by Gasteiger charge is 2.10. The van der Waals surface area contributed by atoms with Gasteiger partial charge in [-0.1, -0.05) is 74.4 Å². The molecule has 0 fully saturated rings. The number of phenols is 1. The van der Waals surface area contributed by atoms with Crippen LogP contribution in [0.3, 0.4) is 0 Å². The van der Waals surface area contributed by atoms with Crippen molar-refractivity contribution in [3.63, 3.8) is 0 Å². The summed E-state index contributed by atoms with van der Waals surface area (Å²) in [6.07, 6.45) is 5.16. The molecule has 0 heterocycles. The Kier molecular flexibility index (Phi) is 13.5. The third-order valence-corrected chi connectivity index (χ3v) is 4.49. The van der Waals surface area contributed by atoms with E-state index in [2.05, 4.69) is 19.7 Å². The van der Waals surface area contributed by atoms with Crippen LogP contribution in [0.5, 0.6) is 17.2 Å². The first kappa shape index (κ1) is 30.3. The van der Waals surface area contributed by atoms with E-state index in [1.54, 1.807) is 24.3 Å². The van der Waals surface area contributed by atoms with Crippen LogP contribution in [0.1, 0.15) is 51.3 Å². The van der Waals surface area contributed by atoms with Crippen LogP contribution in [0, 0.1) is 0 Å². The zero-order valence-corrected chi connectivity index (χ0v) is 22.2. The van der Waals surface area contributed by atoms with Gasteiger partial charge in [0, 0.05) is 6.61 Å². The Morgan fingerprint density at radius 1 is 0.722 bits per heavy atom. The Bertz CT molecular complexity index is 1030. The summed E-state index contributed by atoms with van der Waals surface area (Å²) in [4.78, 5) is 0. The van der Waals surface area contributed by atoms with Crippen molar-refractivity contribution in [3.05, 3.63) is 109 Å². The lowest BCUT2D eigenvalue weighted by atomic mass is 10.2. The molecule has 3 aromatic carbocycles. The molecule has 36 heavy (non-hydrogen) atoms. The van der Waals surface area contributed by atoms with Gasteiger partial charge in [0.2, 0.25) is 0 Å². The Morgan fingerprint density at radius 3 is 1.47 bits per heavy atom. The highest BCUT2D eigenvalue weighted by molar-refractivity contribution is 5.49. The van der Waals surface area contributed by atoms with E-state index in [-0.39, 0.29) is 11.9 Å². The number of aromatic hydroxyl groups is 1. The number of rotatable bonds is 8. The monoisotopic (exact) mass is 488 g/mol. The minimum absolute atomic E-state index is 0.129. The van der Waals surface area contributed by atoms with Gasteiger partial charge in [-0.15, -0.1) is 0 Å². The third-order valence-electron chi connectivity index (χ3n) is 4.49. The number of hydrogen-bond acceptors (Lipinski definition) is 4. The summed E-state index contributed by atoms with van der Waals surface area (Å²) in [6.45, 7) is 21.6. The fourth-order valence-corrected chi connectivity index (χ4v) is 2.78. The fraction of sp³-hybridized carbons (Fsp3) is 0.250. The van der Waals surface area contributed by atoms with Crippen molar-refractivity contribution in [2.75, 3.05) is 6.61 Å². The molecule has 3 aromatic rings. The number of ether oxygens (including phenoxy) is 3. The van der Waals surface area contributed by atoms with Crippen LogP contribution in [-0.2, 0) is 4.74 Å². The zero-order chi connectivity index (χ0) is 27.0. The van der Waals surface area contributed by atoms with Crippen molar-refractivity contribution >= 4 is 18.2 Å². The standard InChI is InChI=1S/C12H16O2.C12H16O.C8H8O/c1-4-11-6-8-12(9-7-11)14-10(3)13-5-2;1-5-10-6-8-11(9-7-10)13-12(2,3)4;1-2-7-3-5-8(9)6-4-7/h4,6-10H,1,5H2,2-3H3;5-9H,1H2,2-4H3;2-6,9H,1H2. The molecule has 0 saturated carbocycles. The Labute approximate surface area is 217 Å². The van der Waals surface area contributed by atoms with E-state index in [0.29, 0.717) is 12.4 Å². The van der Waals surface area contributed by atoms with Gasteiger partial charge in [0.05, 0.1) is 0 Å². The minimum atomic E-state index is -0.199. The summed E-state index contributed by atoms with van der Waals surface area (Å²) in [6, 6.07) is 22.5. The second kappa shape index (κ2) is 16.0. The average molecular weight is 489 g/mol. The maximum atomic E-state index is 8.82. The predicted molar refractivity (Wildman–Crippen MR) is 153 cm³/mol. The lowest BCUT2D eigenvalue weighted by molar-refractivity contribution is -0.0613. The highest BCUT2D eigenvalue weighted by atomic mass is 16.7. The molecule has 0 bridgehead atoms. The van der Waals surface area contributed by atoms with Gasteiger partial charge in [0.1, 0.15) is 22.8 Å². The summed E-state index contributed by atoms with van der Waals surface area (Å²) < 4.78 is 16.4. The molecule has 0 amide bonds. The van der Waals surface area contributed by atoms with Gasteiger partial charge in [-0.2, -0.15) is 0 Å². The quantitative estimate of drug-likeness (QED) is 0.322. The van der Waals surface area contributed by atoms with Gasteiger partial charge >= 0.3 is 0 Å². The summed E-state index contributed by atoms with van der Waals surface area (Å²) in [7, 11) is 0. The van der Waals surface area contributed by atoms with E-state index < -0.39 is 0 Å². The molecule has 0 aliphatic carbocycles. The molecule has 0 aliphatic heterocycles. The van der Waals surface area contributed by atoms with Crippen molar-refractivity contribution in [3.8, 4) is 17.2 Å². The molecule has 3 rings (SSSR count). The molecule has 192 valence electrons. The molecule has 0 spiro atoms. The first-order chi connectivity index (χ1) is 17.1. The van der Waals surface area contributed by atoms with Crippen LogP contribution in [0.2, 0.25) is 0 Å². The van der Waals surface area contributed by atoms with Gasteiger partial charge in [0.25, 0.3) is 0 Å². The zero-order valence-electron chi connectivity index (χ0n) is 22.2. The first-order valence-corrected chi connectivity index (χ1v) is 11.9. The van der Waals surface area contributed by atoms with Crippen molar-refractivity contribution in [2.24, 2.45) is 0 Å². The SMILES string of the molecule is C=Cc1ccc(O)cc1.C=Cc1ccc(OC(C)(C)C)cc1.C=Cc1ccc(OC(C)OCC)cc1. The van der Waals surface area contributed by atoms with Crippen LogP contribution in [-0.4, -0.2) is 23.6 Å². The second-order valence-electron chi connectivity index (χ2n) is 8.70. The summed E-state index contributed by atoms with van der Waals surface area (Å²) in [5.74, 6) is 2.01. The van der Waals surface area contributed by atoms with E-state index >= 15 is 0 Å². The van der Waals surface area contributed by atoms with E-state index in [1.807, 2.05) is 101 Å². The Morgan fingerprint density at radius 2 is 1.11 bits per heavy atom. The van der Waals surface area contributed by atoms with Crippen LogP contribution in [0.4, 0.5) is 0 Å². The van der Waals surface area contributed by atoms with E-state index in [1.165, 1.54) is 0 Å². The van der Waals surface area contributed by atoms with Crippen molar-refractivity contribution in [2.45, 2.75) is 46.5 Å². The van der Waals surface area contributed by atoms with Gasteiger partial charge in [0.15, 0.2) is 6.29 Å². The molecule has 1 atom stereocenters. The first-order valence-electron chi connectivity index (χ1n) is 11.9. The van der Waals surface area contributed by atoms with Gasteiger partial charge in [-0.05, 0) is 87.7 Å². The van der Waals surface area contributed by atoms with Gasteiger partial charge < -0.3 is 19.3 Å². The number of phenolic OH excluding ortho intramolecular Hbond substituents is 1. The van der Waals surface area contributed by atoms with Crippen LogP contribution < -0.4 is 9.47 Å².